The van der Waals surface area contributed by atoms with Crippen LogP contribution in [0, 0.1) is 0 Å². The molecule has 0 amide bonds. The van der Waals surface area contributed by atoms with Gasteiger partial charge in [0.15, 0.2) is 5.69 Å². The van der Waals surface area contributed by atoms with Crippen molar-refractivity contribution in [1.29, 1.82) is 0 Å². The maximum Gasteiger partial charge on any atom is 0.356 e. The quantitative estimate of drug-likeness (QED) is 0.927. The smallest absolute Gasteiger partial charge is 0.356 e. The van der Waals surface area contributed by atoms with Crippen LogP contribution in [-0.4, -0.2) is 20.6 Å². The van der Waals surface area contributed by atoms with Gasteiger partial charge < -0.3 is 9.67 Å². The predicted octanol–water partition coefficient (Wildman–Crippen LogP) is 2.99. The average molecular weight is 302 g/mol. The molecular weight excluding hydrogens is 295 g/mol. The Kier molecular flexibility index (Phi) is 2.98. The van der Waals surface area contributed by atoms with Crippen molar-refractivity contribution in [1.82, 2.24) is 9.55 Å². The van der Waals surface area contributed by atoms with Gasteiger partial charge in [-0.15, -0.1) is 0 Å². The molecule has 0 saturated carbocycles. The molecular formula is C10H6BrClN2O2. The van der Waals surface area contributed by atoms with Crippen LogP contribution in [0.15, 0.2) is 35.2 Å². The number of aromatic carboxylic acids is 1. The summed E-state index contributed by atoms with van der Waals surface area (Å²) in [5.74, 6) is -1.06. The van der Waals surface area contributed by atoms with Crippen LogP contribution >= 0.6 is 27.5 Å². The van der Waals surface area contributed by atoms with Gasteiger partial charge in [-0.05, 0) is 34.1 Å². The number of carboxylic acids is 1. The lowest BCUT2D eigenvalue weighted by atomic mass is 10.3. The number of nitrogens with zero attached hydrogens (tertiary/aromatic N) is 2. The number of halogens is 2. The molecule has 6 heteroatoms. The minimum absolute atomic E-state index is 0.00752. The van der Waals surface area contributed by atoms with E-state index in [1.54, 1.807) is 22.8 Å². The Morgan fingerprint density at radius 2 is 2.25 bits per heavy atom. The number of benzene rings is 1. The van der Waals surface area contributed by atoms with Crippen LogP contribution in [-0.2, 0) is 0 Å². The van der Waals surface area contributed by atoms with E-state index in [9.17, 15) is 4.79 Å². The van der Waals surface area contributed by atoms with E-state index in [0.717, 1.165) is 10.2 Å². The van der Waals surface area contributed by atoms with Crippen molar-refractivity contribution >= 4 is 33.5 Å². The molecule has 0 aliphatic heterocycles. The highest BCUT2D eigenvalue weighted by Crippen LogP contribution is 2.24. The zero-order valence-electron chi connectivity index (χ0n) is 7.89. The first-order valence-electron chi connectivity index (χ1n) is 4.30. The van der Waals surface area contributed by atoms with E-state index in [-0.39, 0.29) is 5.69 Å². The Balaban J connectivity index is 2.50. The molecule has 0 radical (unpaired) electrons. The van der Waals surface area contributed by atoms with Gasteiger partial charge >= 0.3 is 5.97 Å². The summed E-state index contributed by atoms with van der Waals surface area (Å²) in [7, 11) is 0. The van der Waals surface area contributed by atoms with E-state index >= 15 is 0 Å². The lowest BCUT2D eigenvalue weighted by molar-refractivity contribution is 0.0691. The van der Waals surface area contributed by atoms with Gasteiger partial charge in [-0.1, -0.05) is 11.6 Å². The van der Waals surface area contributed by atoms with Crippen molar-refractivity contribution in [3.8, 4) is 5.69 Å². The molecule has 4 nitrogen and oxygen atoms in total. The van der Waals surface area contributed by atoms with Crippen LogP contribution in [0.5, 0.6) is 0 Å². The van der Waals surface area contributed by atoms with Crippen molar-refractivity contribution in [2.75, 3.05) is 0 Å². The summed E-state index contributed by atoms with van der Waals surface area (Å²) >= 11 is 9.22. The molecule has 82 valence electrons. The van der Waals surface area contributed by atoms with Crippen molar-refractivity contribution < 1.29 is 9.90 Å². The van der Waals surface area contributed by atoms with Gasteiger partial charge in [-0.2, -0.15) is 0 Å². The van der Waals surface area contributed by atoms with E-state index in [0.29, 0.717) is 5.02 Å². The largest absolute Gasteiger partial charge is 0.476 e. The summed E-state index contributed by atoms with van der Waals surface area (Å²) in [5.41, 5.74) is 0.736. The van der Waals surface area contributed by atoms with Crippen molar-refractivity contribution in [2.24, 2.45) is 0 Å². The van der Waals surface area contributed by atoms with E-state index < -0.39 is 5.97 Å². The van der Waals surface area contributed by atoms with E-state index in [4.69, 9.17) is 16.7 Å². The molecule has 0 atom stereocenters. The highest BCUT2D eigenvalue weighted by Gasteiger charge is 2.09. The van der Waals surface area contributed by atoms with Crippen molar-refractivity contribution in [3.63, 3.8) is 0 Å². The molecule has 0 unspecified atom stereocenters. The number of rotatable bonds is 2. The number of carbonyl (C=O) groups is 1. The van der Waals surface area contributed by atoms with Crippen LogP contribution in [0.4, 0.5) is 0 Å². The van der Waals surface area contributed by atoms with Crippen LogP contribution in [0.2, 0.25) is 5.02 Å². The molecule has 1 aromatic heterocycles. The third-order valence-corrected chi connectivity index (χ3v) is 2.89. The fraction of sp³-hybridized carbons (Fsp3) is 0. The fourth-order valence-corrected chi connectivity index (χ4v) is 1.87. The third kappa shape index (κ3) is 2.10. The first-order valence-corrected chi connectivity index (χ1v) is 5.48. The molecule has 0 spiro atoms. The highest BCUT2D eigenvalue weighted by atomic mass is 79.9. The Hall–Kier alpha value is -1.33. The molecule has 16 heavy (non-hydrogen) atoms. The van der Waals surface area contributed by atoms with Gasteiger partial charge in [0.05, 0.1) is 5.69 Å². The molecule has 2 rings (SSSR count). The lowest BCUT2D eigenvalue weighted by Crippen LogP contribution is -1.96. The van der Waals surface area contributed by atoms with Gasteiger partial charge in [0.25, 0.3) is 0 Å². The molecule has 1 heterocycles. The van der Waals surface area contributed by atoms with Crippen molar-refractivity contribution in [3.05, 3.63) is 45.9 Å². The molecule has 1 aromatic carbocycles. The van der Waals surface area contributed by atoms with Crippen LogP contribution in [0.25, 0.3) is 5.69 Å². The Bertz CT molecular complexity index is 554. The summed E-state index contributed by atoms with van der Waals surface area (Å²) in [6, 6.07) is 5.25. The maximum absolute atomic E-state index is 10.7. The SMILES string of the molecule is O=C(O)c1cn(-c2cc(Cl)ccc2Br)cn1. The van der Waals surface area contributed by atoms with Crippen LogP contribution in [0.1, 0.15) is 10.5 Å². The van der Waals surface area contributed by atoms with E-state index in [1.807, 2.05) is 0 Å². The van der Waals surface area contributed by atoms with Crippen LogP contribution in [0.3, 0.4) is 0 Å². The second-order valence-electron chi connectivity index (χ2n) is 3.07. The van der Waals surface area contributed by atoms with E-state index in [2.05, 4.69) is 20.9 Å². The number of aromatic nitrogens is 2. The molecule has 1 N–H and O–H groups in total. The number of carboxylic acid groups (broad SMARTS) is 1. The minimum atomic E-state index is -1.06. The first-order chi connectivity index (χ1) is 7.58. The van der Waals surface area contributed by atoms with Crippen molar-refractivity contribution in [2.45, 2.75) is 0 Å². The first kappa shape index (κ1) is 11.2. The number of hydrogen-bond acceptors (Lipinski definition) is 2. The third-order valence-electron chi connectivity index (χ3n) is 1.99. The lowest BCUT2D eigenvalue weighted by Gasteiger charge is -2.04. The second kappa shape index (κ2) is 4.27. The van der Waals surface area contributed by atoms with Crippen LogP contribution < -0.4 is 0 Å². The molecule has 2 aromatic rings. The number of hydrogen-bond donors (Lipinski definition) is 1. The molecule has 0 aliphatic rings. The Morgan fingerprint density at radius 3 is 2.88 bits per heavy atom. The van der Waals surface area contributed by atoms with Gasteiger partial charge in [0.2, 0.25) is 0 Å². The standard InChI is InChI=1S/C10H6BrClN2O2/c11-7-2-1-6(12)3-9(7)14-4-8(10(15)16)13-5-14/h1-5H,(H,15,16). The minimum Gasteiger partial charge on any atom is -0.476 e. The zero-order chi connectivity index (χ0) is 11.7. The molecule has 0 bridgehead atoms. The predicted molar refractivity (Wildman–Crippen MR) is 63.2 cm³/mol. The summed E-state index contributed by atoms with van der Waals surface area (Å²) in [6.45, 7) is 0. The Morgan fingerprint density at radius 1 is 1.50 bits per heavy atom. The van der Waals surface area contributed by atoms with Gasteiger partial charge in [0.1, 0.15) is 6.33 Å². The van der Waals surface area contributed by atoms with Gasteiger partial charge in [-0.25, -0.2) is 9.78 Å². The summed E-state index contributed by atoms with van der Waals surface area (Å²) in [4.78, 5) is 14.4. The average Bonchev–Trinajstić information content (AvgIpc) is 2.70. The van der Waals surface area contributed by atoms with Gasteiger partial charge in [-0.3, -0.25) is 0 Å². The highest BCUT2D eigenvalue weighted by molar-refractivity contribution is 9.10. The number of imidazole rings is 1. The Labute approximate surface area is 105 Å². The fourth-order valence-electron chi connectivity index (χ4n) is 1.25. The monoisotopic (exact) mass is 300 g/mol. The summed E-state index contributed by atoms with van der Waals surface area (Å²) in [6.07, 6.45) is 2.86. The normalized spacial score (nSPS) is 10.4. The second-order valence-corrected chi connectivity index (χ2v) is 4.36. The maximum atomic E-state index is 10.7. The van der Waals surface area contributed by atoms with E-state index in [1.165, 1.54) is 12.5 Å². The summed E-state index contributed by atoms with van der Waals surface area (Å²) < 4.78 is 2.41. The molecule has 0 aliphatic carbocycles. The van der Waals surface area contributed by atoms with Gasteiger partial charge in [0, 0.05) is 15.7 Å². The summed E-state index contributed by atoms with van der Waals surface area (Å²) in [5, 5.41) is 9.33. The zero-order valence-corrected chi connectivity index (χ0v) is 10.2. The topological polar surface area (TPSA) is 55.1 Å². The molecule has 0 fully saturated rings. The molecule has 0 saturated heterocycles.